The SMILES string of the molecule is C=C(NC(C)(C)CC)c1ccc(-c2ccccc2)cc1. The molecule has 0 amide bonds. The minimum absolute atomic E-state index is 0.0786. The van der Waals surface area contributed by atoms with Gasteiger partial charge in [0, 0.05) is 11.2 Å². The number of hydrogen-bond donors (Lipinski definition) is 1. The van der Waals surface area contributed by atoms with Gasteiger partial charge in [0.15, 0.2) is 0 Å². The zero-order valence-electron chi connectivity index (χ0n) is 12.6. The molecular weight excluding hydrogens is 242 g/mol. The lowest BCUT2D eigenvalue weighted by atomic mass is 9.99. The molecule has 0 saturated carbocycles. The van der Waals surface area contributed by atoms with E-state index in [0.29, 0.717) is 0 Å². The molecule has 0 radical (unpaired) electrons. The van der Waals surface area contributed by atoms with Gasteiger partial charge >= 0.3 is 0 Å². The zero-order chi connectivity index (χ0) is 14.6. The summed E-state index contributed by atoms with van der Waals surface area (Å²) in [7, 11) is 0. The predicted octanol–water partition coefficient (Wildman–Crippen LogP) is 5.10. The van der Waals surface area contributed by atoms with E-state index >= 15 is 0 Å². The molecule has 0 aliphatic carbocycles. The Balaban J connectivity index is 2.15. The van der Waals surface area contributed by atoms with Gasteiger partial charge in [0.25, 0.3) is 0 Å². The van der Waals surface area contributed by atoms with Crippen LogP contribution < -0.4 is 5.32 Å². The molecule has 0 heterocycles. The maximum atomic E-state index is 4.15. The predicted molar refractivity (Wildman–Crippen MR) is 88.4 cm³/mol. The third kappa shape index (κ3) is 3.51. The molecular formula is C19H23N. The molecule has 2 aromatic rings. The molecule has 2 aromatic carbocycles. The summed E-state index contributed by atoms with van der Waals surface area (Å²) >= 11 is 0. The second-order valence-electron chi connectivity index (χ2n) is 5.78. The van der Waals surface area contributed by atoms with Gasteiger partial charge in [-0.3, -0.25) is 0 Å². The highest BCUT2D eigenvalue weighted by molar-refractivity contribution is 5.68. The van der Waals surface area contributed by atoms with E-state index in [1.165, 1.54) is 11.1 Å². The van der Waals surface area contributed by atoms with Crippen molar-refractivity contribution in [2.75, 3.05) is 0 Å². The van der Waals surface area contributed by atoms with Gasteiger partial charge < -0.3 is 5.32 Å². The van der Waals surface area contributed by atoms with E-state index < -0.39 is 0 Å². The van der Waals surface area contributed by atoms with Crippen molar-refractivity contribution in [1.29, 1.82) is 0 Å². The summed E-state index contributed by atoms with van der Waals surface area (Å²) in [5.74, 6) is 0. The lowest BCUT2D eigenvalue weighted by molar-refractivity contribution is 0.437. The highest BCUT2D eigenvalue weighted by Gasteiger charge is 2.15. The van der Waals surface area contributed by atoms with E-state index in [0.717, 1.165) is 17.7 Å². The molecule has 0 unspecified atom stereocenters. The largest absolute Gasteiger partial charge is 0.380 e. The topological polar surface area (TPSA) is 12.0 Å². The first-order valence-electron chi connectivity index (χ1n) is 7.15. The Morgan fingerprint density at radius 2 is 1.50 bits per heavy atom. The maximum Gasteiger partial charge on any atom is 0.0344 e. The second kappa shape index (κ2) is 5.96. The van der Waals surface area contributed by atoms with Crippen molar-refractivity contribution in [3.63, 3.8) is 0 Å². The van der Waals surface area contributed by atoms with Gasteiger partial charge in [0.2, 0.25) is 0 Å². The summed E-state index contributed by atoms with van der Waals surface area (Å²) in [6.07, 6.45) is 1.06. The molecule has 2 rings (SSSR count). The summed E-state index contributed by atoms with van der Waals surface area (Å²) in [6.45, 7) is 10.7. The Labute approximate surface area is 122 Å². The van der Waals surface area contributed by atoms with Crippen molar-refractivity contribution in [2.45, 2.75) is 32.7 Å². The molecule has 0 fully saturated rings. The summed E-state index contributed by atoms with van der Waals surface area (Å²) < 4.78 is 0. The van der Waals surface area contributed by atoms with E-state index in [1.54, 1.807) is 0 Å². The molecule has 20 heavy (non-hydrogen) atoms. The van der Waals surface area contributed by atoms with Crippen LogP contribution >= 0.6 is 0 Å². The normalized spacial score (nSPS) is 11.2. The average molecular weight is 265 g/mol. The van der Waals surface area contributed by atoms with Crippen LogP contribution in [0.5, 0.6) is 0 Å². The van der Waals surface area contributed by atoms with Crippen LogP contribution in [0.1, 0.15) is 32.8 Å². The number of hydrogen-bond acceptors (Lipinski definition) is 1. The summed E-state index contributed by atoms with van der Waals surface area (Å²) in [6, 6.07) is 19.0. The van der Waals surface area contributed by atoms with Gasteiger partial charge in [-0.2, -0.15) is 0 Å². The van der Waals surface area contributed by atoms with Crippen LogP contribution in [0.25, 0.3) is 16.8 Å². The quantitative estimate of drug-likeness (QED) is 0.792. The fourth-order valence-corrected chi connectivity index (χ4v) is 2.06. The molecule has 0 spiro atoms. The third-order valence-electron chi connectivity index (χ3n) is 3.71. The molecule has 1 heteroatoms. The minimum atomic E-state index is 0.0786. The highest BCUT2D eigenvalue weighted by atomic mass is 15.0. The summed E-state index contributed by atoms with van der Waals surface area (Å²) in [5, 5.41) is 3.49. The second-order valence-corrected chi connectivity index (χ2v) is 5.78. The number of rotatable bonds is 5. The summed E-state index contributed by atoms with van der Waals surface area (Å²) in [4.78, 5) is 0. The summed E-state index contributed by atoms with van der Waals surface area (Å²) in [5.41, 5.74) is 4.68. The molecule has 1 N–H and O–H groups in total. The van der Waals surface area contributed by atoms with Gasteiger partial charge in [0.05, 0.1) is 0 Å². The maximum absolute atomic E-state index is 4.15. The minimum Gasteiger partial charge on any atom is -0.380 e. The van der Waals surface area contributed by atoms with Gasteiger partial charge in [-0.25, -0.2) is 0 Å². The van der Waals surface area contributed by atoms with Crippen LogP contribution in [-0.2, 0) is 0 Å². The van der Waals surface area contributed by atoms with Crippen LogP contribution in [0.3, 0.4) is 0 Å². The van der Waals surface area contributed by atoms with Gasteiger partial charge in [-0.15, -0.1) is 0 Å². The Morgan fingerprint density at radius 1 is 0.950 bits per heavy atom. The molecule has 0 atom stereocenters. The van der Waals surface area contributed by atoms with Crippen molar-refractivity contribution in [3.8, 4) is 11.1 Å². The van der Waals surface area contributed by atoms with Crippen LogP contribution in [0.2, 0.25) is 0 Å². The molecule has 0 aliphatic heterocycles. The molecule has 0 bridgehead atoms. The Kier molecular flexibility index (Phi) is 4.29. The van der Waals surface area contributed by atoms with Gasteiger partial charge in [0.1, 0.15) is 0 Å². The lowest BCUT2D eigenvalue weighted by Crippen LogP contribution is -2.36. The van der Waals surface area contributed by atoms with E-state index in [9.17, 15) is 0 Å². The van der Waals surface area contributed by atoms with E-state index in [1.807, 2.05) is 6.07 Å². The first-order chi connectivity index (χ1) is 9.52. The zero-order valence-corrected chi connectivity index (χ0v) is 12.6. The van der Waals surface area contributed by atoms with Crippen LogP contribution in [-0.4, -0.2) is 5.54 Å². The Hall–Kier alpha value is -2.02. The lowest BCUT2D eigenvalue weighted by Gasteiger charge is -2.27. The van der Waals surface area contributed by atoms with E-state index in [2.05, 4.69) is 81.2 Å². The molecule has 0 aromatic heterocycles. The first-order valence-corrected chi connectivity index (χ1v) is 7.15. The van der Waals surface area contributed by atoms with Crippen LogP contribution in [0, 0.1) is 0 Å². The Bertz CT molecular complexity index is 564. The van der Waals surface area contributed by atoms with Gasteiger partial charge in [-0.1, -0.05) is 68.1 Å². The van der Waals surface area contributed by atoms with Crippen molar-refractivity contribution < 1.29 is 0 Å². The van der Waals surface area contributed by atoms with Crippen molar-refractivity contribution in [3.05, 3.63) is 66.7 Å². The van der Waals surface area contributed by atoms with E-state index in [4.69, 9.17) is 0 Å². The molecule has 0 saturated heterocycles. The molecule has 1 nitrogen and oxygen atoms in total. The standard InChI is InChI=1S/C19H23N/c1-5-19(3,4)20-15(2)16-11-13-18(14-12-16)17-9-7-6-8-10-17/h6-14,20H,2,5H2,1,3-4H3. The van der Waals surface area contributed by atoms with Crippen molar-refractivity contribution in [1.82, 2.24) is 5.32 Å². The Morgan fingerprint density at radius 3 is 2.05 bits per heavy atom. The fourth-order valence-electron chi connectivity index (χ4n) is 2.06. The number of benzene rings is 2. The fraction of sp³-hybridized carbons (Fsp3) is 0.263. The molecule has 104 valence electrons. The number of nitrogens with one attached hydrogen (secondary N) is 1. The first kappa shape index (κ1) is 14.4. The van der Waals surface area contributed by atoms with Crippen LogP contribution in [0.15, 0.2) is 61.2 Å². The average Bonchev–Trinajstić information content (AvgIpc) is 2.48. The van der Waals surface area contributed by atoms with Crippen molar-refractivity contribution >= 4 is 5.70 Å². The third-order valence-corrected chi connectivity index (χ3v) is 3.71. The van der Waals surface area contributed by atoms with Gasteiger partial charge in [-0.05, 0) is 37.0 Å². The van der Waals surface area contributed by atoms with Crippen LogP contribution in [0.4, 0.5) is 0 Å². The van der Waals surface area contributed by atoms with E-state index in [-0.39, 0.29) is 5.54 Å². The van der Waals surface area contributed by atoms with Crippen molar-refractivity contribution in [2.24, 2.45) is 0 Å². The monoisotopic (exact) mass is 265 g/mol. The highest BCUT2D eigenvalue weighted by Crippen LogP contribution is 2.22. The molecule has 0 aliphatic rings. The smallest absolute Gasteiger partial charge is 0.0344 e.